The molecule has 1 aliphatic heterocycles. The molecule has 0 bridgehead atoms. The van der Waals surface area contributed by atoms with E-state index in [0.29, 0.717) is 6.61 Å². The highest BCUT2D eigenvalue weighted by atomic mass is 28.4. The number of ether oxygens (including phenoxy) is 4. The zero-order valence-electron chi connectivity index (χ0n) is 33.9. The van der Waals surface area contributed by atoms with Crippen LogP contribution in [0.15, 0.2) is 91.0 Å². The van der Waals surface area contributed by atoms with Gasteiger partial charge in [-0.05, 0) is 73.7 Å². The Bertz CT molecular complexity index is 1500. The maximum absolute atomic E-state index is 13.3. The second-order valence-electron chi connectivity index (χ2n) is 17.9. The van der Waals surface area contributed by atoms with Gasteiger partial charge >= 0.3 is 5.97 Å². The molecule has 1 saturated heterocycles. The van der Waals surface area contributed by atoms with Crippen LogP contribution >= 0.6 is 0 Å². The molecule has 0 N–H and O–H groups in total. The van der Waals surface area contributed by atoms with Gasteiger partial charge in [0.2, 0.25) is 0 Å². The van der Waals surface area contributed by atoms with Crippen LogP contribution in [0.4, 0.5) is 0 Å². The zero-order chi connectivity index (χ0) is 38.5. The Morgan fingerprint density at radius 1 is 0.692 bits per heavy atom. The van der Waals surface area contributed by atoms with Crippen molar-refractivity contribution in [1.29, 1.82) is 0 Å². The molecule has 1 aliphatic rings. The van der Waals surface area contributed by atoms with Crippen molar-refractivity contribution in [3.8, 4) is 0 Å². The van der Waals surface area contributed by atoms with Crippen molar-refractivity contribution in [1.82, 2.24) is 0 Å². The first-order valence-corrected chi connectivity index (χ1v) is 23.6. The highest BCUT2D eigenvalue weighted by molar-refractivity contribution is 6.99. The molecule has 3 aromatic rings. The van der Waals surface area contributed by atoms with E-state index in [1.807, 2.05) is 65.0 Å². The molecule has 52 heavy (non-hydrogen) atoms. The molecule has 7 nitrogen and oxygen atoms in total. The molecule has 0 aromatic heterocycles. The van der Waals surface area contributed by atoms with Crippen LogP contribution in [0.1, 0.15) is 81.7 Å². The lowest BCUT2D eigenvalue weighted by Crippen LogP contribution is -2.73. The van der Waals surface area contributed by atoms with Crippen molar-refractivity contribution in [3.63, 3.8) is 0 Å². The number of hydrogen-bond acceptors (Lipinski definition) is 7. The summed E-state index contributed by atoms with van der Waals surface area (Å²) in [5.74, 6) is -0.314. The minimum absolute atomic E-state index is 0.0281. The van der Waals surface area contributed by atoms with Crippen molar-refractivity contribution in [2.75, 3.05) is 6.61 Å². The number of benzene rings is 3. The third-order valence-electron chi connectivity index (χ3n) is 10.2. The van der Waals surface area contributed by atoms with Gasteiger partial charge in [0.05, 0.1) is 18.1 Å². The number of rotatable bonds is 13. The van der Waals surface area contributed by atoms with Crippen molar-refractivity contribution in [3.05, 3.63) is 96.6 Å². The first-order chi connectivity index (χ1) is 24.2. The summed E-state index contributed by atoms with van der Waals surface area (Å²) < 4.78 is 41.9. The Labute approximate surface area is 316 Å². The van der Waals surface area contributed by atoms with Crippen LogP contribution in [-0.2, 0) is 39.2 Å². The van der Waals surface area contributed by atoms with Gasteiger partial charge in [-0.15, -0.1) is 0 Å². The summed E-state index contributed by atoms with van der Waals surface area (Å²) in [6, 6.07) is 31.3. The smallest absolute Gasteiger partial charge is 0.311 e. The minimum Gasteiger partial charge on any atom is -0.462 e. The molecule has 1 heterocycles. The van der Waals surface area contributed by atoms with Crippen molar-refractivity contribution >= 4 is 33.0 Å². The quantitative estimate of drug-likeness (QED) is 0.128. The molecule has 286 valence electrons. The largest absolute Gasteiger partial charge is 0.462 e. The molecule has 1 fully saturated rings. The second kappa shape index (κ2) is 16.8. The van der Waals surface area contributed by atoms with Crippen molar-refractivity contribution < 1.29 is 32.6 Å². The maximum atomic E-state index is 13.3. The van der Waals surface area contributed by atoms with Gasteiger partial charge in [-0.3, -0.25) is 4.79 Å². The molecule has 3 aromatic carbocycles. The molecule has 5 atom stereocenters. The molecule has 0 saturated carbocycles. The average Bonchev–Trinajstić information content (AvgIpc) is 3.06. The normalized spacial score (nSPS) is 22.0. The van der Waals surface area contributed by atoms with Crippen LogP contribution in [0.25, 0.3) is 0 Å². The SMILES string of the molecule is CC(C)O[C@@H]1O[C@H](COC(=O)C(C)(C)C)[C@@H](O[Si](c2ccccc2)(c2ccccc2)C(C)(C)C)[C@H](O[Si](C)(C)C(C)(C)C)[C@@H]1OCc1ccccc1. The van der Waals surface area contributed by atoms with Gasteiger partial charge in [-0.2, -0.15) is 0 Å². The number of hydrogen-bond donors (Lipinski definition) is 0. The van der Waals surface area contributed by atoms with E-state index in [2.05, 4.69) is 115 Å². The van der Waals surface area contributed by atoms with Crippen LogP contribution in [0.5, 0.6) is 0 Å². The molecule has 0 unspecified atom stereocenters. The van der Waals surface area contributed by atoms with Gasteiger partial charge in [-0.1, -0.05) is 133 Å². The minimum atomic E-state index is -3.19. The number of carbonyl (C=O) groups is 1. The molecule has 4 rings (SSSR count). The number of carbonyl (C=O) groups excluding carboxylic acids is 1. The van der Waals surface area contributed by atoms with E-state index in [1.54, 1.807) is 0 Å². The summed E-state index contributed by atoms with van der Waals surface area (Å²) in [6.45, 7) is 27.8. The lowest BCUT2D eigenvalue weighted by Gasteiger charge is -2.54. The van der Waals surface area contributed by atoms with E-state index >= 15 is 0 Å². The monoisotopic (exact) mass is 748 g/mol. The third kappa shape index (κ3) is 9.91. The van der Waals surface area contributed by atoms with Gasteiger partial charge in [0.1, 0.15) is 31.0 Å². The second-order valence-corrected chi connectivity index (χ2v) is 26.9. The molecule has 0 aliphatic carbocycles. The van der Waals surface area contributed by atoms with Gasteiger partial charge in [0.15, 0.2) is 14.6 Å². The Morgan fingerprint density at radius 2 is 1.19 bits per heavy atom. The van der Waals surface area contributed by atoms with E-state index in [1.165, 1.54) is 0 Å². The van der Waals surface area contributed by atoms with Crippen LogP contribution in [0, 0.1) is 5.41 Å². The van der Waals surface area contributed by atoms with Crippen molar-refractivity contribution in [2.24, 2.45) is 5.41 Å². The fourth-order valence-corrected chi connectivity index (χ4v) is 12.4. The van der Waals surface area contributed by atoms with Crippen LogP contribution in [-0.4, -0.2) is 66.0 Å². The summed E-state index contributed by atoms with van der Waals surface area (Å²) in [5, 5.41) is 1.80. The van der Waals surface area contributed by atoms with Crippen molar-refractivity contribution in [2.45, 2.75) is 143 Å². The van der Waals surface area contributed by atoms with Gasteiger partial charge in [0.25, 0.3) is 8.32 Å². The summed E-state index contributed by atoms with van der Waals surface area (Å²) >= 11 is 0. The fraction of sp³-hybridized carbons (Fsp3) is 0.558. The Kier molecular flexibility index (Phi) is 13.6. The lowest BCUT2D eigenvalue weighted by molar-refractivity contribution is -0.314. The molecule has 0 radical (unpaired) electrons. The third-order valence-corrected chi connectivity index (χ3v) is 19.7. The van der Waals surface area contributed by atoms with Crippen LogP contribution in [0.2, 0.25) is 23.2 Å². The topological polar surface area (TPSA) is 72.5 Å². The molecule has 9 heteroatoms. The predicted octanol–water partition coefficient (Wildman–Crippen LogP) is 8.65. The lowest BCUT2D eigenvalue weighted by atomic mass is 9.97. The summed E-state index contributed by atoms with van der Waals surface area (Å²) in [7, 11) is -5.69. The highest BCUT2D eigenvalue weighted by Crippen LogP contribution is 2.44. The van der Waals surface area contributed by atoms with Crippen LogP contribution < -0.4 is 10.4 Å². The van der Waals surface area contributed by atoms with E-state index < -0.39 is 52.8 Å². The maximum Gasteiger partial charge on any atom is 0.311 e. The zero-order valence-corrected chi connectivity index (χ0v) is 35.9. The van der Waals surface area contributed by atoms with Gasteiger partial charge in [0, 0.05) is 0 Å². The average molecular weight is 749 g/mol. The molecule has 0 spiro atoms. The highest BCUT2D eigenvalue weighted by Gasteiger charge is 2.59. The standard InChI is InChI=1S/C43H64O7Si2/c1-31(2)47-39-38(45-29-32-23-17-14-18-24-32)37(49-51(12,13)42(6,7)8)36(35(48-39)30-46-40(44)41(3,4)5)50-52(43(9,10)11,33-25-19-15-20-26-33)34-27-21-16-22-28-34/h14-28,31,35-39H,29-30H2,1-13H3/t35-,36-,37+,38+,39-/m1/s1. The molecular formula is C43H64O7Si2. The predicted molar refractivity (Wildman–Crippen MR) is 215 cm³/mol. The van der Waals surface area contributed by atoms with Crippen LogP contribution in [0.3, 0.4) is 0 Å². The number of esters is 1. The van der Waals surface area contributed by atoms with E-state index in [-0.39, 0.29) is 28.8 Å². The van der Waals surface area contributed by atoms with E-state index in [0.717, 1.165) is 15.9 Å². The Hall–Kier alpha value is -2.64. The first-order valence-electron chi connectivity index (χ1n) is 18.8. The first kappa shape index (κ1) is 42.1. The molecule has 0 amide bonds. The Morgan fingerprint density at radius 3 is 1.63 bits per heavy atom. The van der Waals surface area contributed by atoms with E-state index in [9.17, 15) is 4.79 Å². The molecular weight excluding hydrogens is 685 g/mol. The fourth-order valence-electron chi connectivity index (χ4n) is 6.40. The summed E-state index contributed by atoms with van der Waals surface area (Å²) in [5.41, 5.74) is 0.331. The Balaban J connectivity index is 1.98. The van der Waals surface area contributed by atoms with Gasteiger partial charge in [-0.25, -0.2) is 0 Å². The summed E-state index contributed by atoms with van der Waals surface area (Å²) in [4.78, 5) is 13.3. The van der Waals surface area contributed by atoms with Gasteiger partial charge < -0.3 is 27.8 Å². The summed E-state index contributed by atoms with van der Waals surface area (Å²) in [6.07, 6.45) is -3.68. The van der Waals surface area contributed by atoms with E-state index in [4.69, 9.17) is 27.8 Å².